The number of hydrogen-bond acceptors (Lipinski definition) is 3. The number of hydrogen-bond donors (Lipinski definition) is 2. The molecule has 0 spiro atoms. The average Bonchev–Trinajstić information content (AvgIpc) is 1.97. The van der Waals surface area contributed by atoms with Gasteiger partial charge in [-0.15, -0.1) is 0 Å². The number of carbonyl (C=O) groups excluding carboxylic acids is 1. The van der Waals surface area contributed by atoms with E-state index in [1.807, 2.05) is 13.8 Å². The molecule has 0 aromatic rings. The maximum absolute atomic E-state index is 10.8. The number of unbranched alkanes of at least 4 members (excludes halogenated alkanes) is 1. The van der Waals surface area contributed by atoms with Gasteiger partial charge in [0.05, 0.1) is 6.61 Å². The molecule has 12 heavy (non-hydrogen) atoms. The van der Waals surface area contributed by atoms with Crippen molar-refractivity contribution in [2.45, 2.75) is 32.7 Å². The molecule has 0 aliphatic carbocycles. The molecule has 0 fully saturated rings. The van der Waals surface area contributed by atoms with Gasteiger partial charge in [0.15, 0.2) is 0 Å². The third kappa shape index (κ3) is 7.34. The second-order valence-corrected chi connectivity index (χ2v) is 2.87. The highest BCUT2D eigenvalue weighted by molar-refractivity contribution is 5.67. The molecule has 0 bridgehead atoms. The Morgan fingerprint density at radius 2 is 2.17 bits per heavy atom. The van der Waals surface area contributed by atoms with Crippen LogP contribution < -0.4 is 5.32 Å². The van der Waals surface area contributed by atoms with E-state index in [1.165, 1.54) is 0 Å². The number of aliphatic hydroxyl groups excluding tert-OH is 1. The van der Waals surface area contributed by atoms with Crippen LogP contribution in [0, 0.1) is 0 Å². The van der Waals surface area contributed by atoms with E-state index in [-0.39, 0.29) is 18.7 Å². The molecule has 0 aliphatic heterocycles. The fraction of sp³-hybridized carbons (Fsp3) is 0.875. The van der Waals surface area contributed by atoms with Crippen LogP contribution in [0.4, 0.5) is 4.79 Å². The highest BCUT2D eigenvalue weighted by atomic mass is 16.5. The van der Waals surface area contributed by atoms with E-state index in [2.05, 4.69) is 5.32 Å². The number of ether oxygens (including phenoxy) is 1. The molecule has 2 N–H and O–H groups in total. The molecule has 0 saturated heterocycles. The summed E-state index contributed by atoms with van der Waals surface area (Å²) in [6.45, 7) is 4.26. The molecule has 0 atom stereocenters. The zero-order valence-corrected chi connectivity index (χ0v) is 7.67. The minimum atomic E-state index is -0.386. The lowest BCUT2D eigenvalue weighted by atomic mass is 10.3. The van der Waals surface area contributed by atoms with E-state index in [0.29, 0.717) is 19.4 Å². The number of aliphatic hydroxyl groups is 1. The quantitative estimate of drug-likeness (QED) is 0.610. The summed E-state index contributed by atoms with van der Waals surface area (Å²) in [7, 11) is 0. The Morgan fingerprint density at radius 3 is 2.67 bits per heavy atom. The van der Waals surface area contributed by atoms with Crippen LogP contribution in [0.5, 0.6) is 0 Å². The van der Waals surface area contributed by atoms with Crippen molar-refractivity contribution in [3.05, 3.63) is 0 Å². The van der Waals surface area contributed by atoms with Crippen LogP contribution >= 0.6 is 0 Å². The number of alkyl carbamates (subject to hydrolysis) is 1. The number of carbonyl (C=O) groups is 1. The van der Waals surface area contributed by atoms with E-state index < -0.39 is 0 Å². The highest BCUT2D eigenvalue weighted by Gasteiger charge is 2.02. The standard InChI is InChI=1S/C8H17NO3/c1-7(2)9-8(11)12-6-4-3-5-10/h7,10H,3-6H2,1-2H3,(H,9,11). The third-order valence-corrected chi connectivity index (χ3v) is 1.19. The summed E-state index contributed by atoms with van der Waals surface area (Å²) >= 11 is 0. The van der Waals surface area contributed by atoms with E-state index in [1.54, 1.807) is 0 Å². The molecular weight excluding hydrogens is 158 g/mol. The maximum Gasteiger partial charge on any atom is 0.407 e. The van der Waals surface area contributed by atoms with Crippen LogP contribution in [0.15, 0.2) is 0 Å². The summed E-state index contributed by atoms with van der Waals surface area (Å²) in [6.07, 6.45) is 1.000. The van der Waals surface area contributed by atoms with Gasteiger partial charge in [0.25, 0.3) is 0 Å². The van der Waals surface area contributed by atoms with Gasteiger partial charge in [0.2, 0.25) is 0 Å². The van der Waals surface area contributed by atoms with E-state index in [4.69, 9.17) is 9.84 Å². The fourth-order valence-corrected chi connectivity index (χ4v) is 0.656. The van der Waals surface area contributed by atoms with Crippen molar-refractivity contribution in [1.29, 1.82) is 0 Å². The minimum absolute atomic E-state index is 0.107. The zero-order chi connectivity index (χ0) is 9.40. The zero-order valence-electron chi connectivity index (χ0n) is 7.67. The molecule has 4 heteroatoms. The Hall–Kier alpha value is -0.770. The van der Waals surface area contributed by atoms with Crippen molar-refractivity contribution in [3.63, 3.8) is 0 Å². The topological polar surface area (TPSA) is 58.6 Å². The normalized spacial score (nSPS) is 10.0. The molecule has 72 valence electrons. The highest BCUT2D eigenvalue weighted by Crippen LogP contribution is 1.89. The Kier molecular flexibility index (Phi) is 6.47. The third-order valence-electron chi connectivity index (χ3n) is 1.19. The Bertz CT molecular complexity index is 125. The first-order chi connectivity index (χ1) is 5.66. The van der Waals surface area contributed by atoms with Gasteiger partial charge in [-0.3, -0.25) is 0 Å². The summed E-state index contributed by atoms with van der Waals surface area (Å²) in [5.41, 5.74) is 0. The van der Waals surface area contributed by atoms with Gasteiger partial charge in [0, 0.05) is 12.6 Å². The molecule has 0 aromatic heterocycles. The lowest BCUT2D eigenvalue weighted by Crippen LogP contribution is -2.30. The first-order valence-electron chi connectivity index (χ1n) is 4.21. The SMILES string of the molecule is CC(C)NC(=O)OCCCCO. The van der Waals surface area contributed by atoms with Crippen molar-refractivity contribution in [2.24, 2.45) is 0 Å². The van der Waals surface area contributed by atoms with Crippen LogP contribution in [0.25, 0.3) is 0 Å². The van der Waals surface area contributed by atoms with E-state index in [0.717, 1.165) is 0 Å². The predicted molar refractivity (Wildman–Crippen MR) is 45.9 cm³/mol. The summed E-state index contributed by atoms with van der Waals surface area (Å²) in [5.74, 6) is 0. The summed E-state index contributed by atoms with van der Waals surface area (Å²) in [6, 6.07) is 0.107. The molecule has 0 rings (SSSR count). The number of rotatable bonds is 5. The minimum Gasteiger partial charge on any atom is -0.450 e. The van der Waals surface area contributed by atoms with Gasteiger partial charge in [0.1, 0.15) is 0 Å². The van der Waals surface area contributed by atoms with Crippen LogP contribution in [-0.2, 0) is 4.74 Å². The molecule has 0 saturated carbocycles. The molecule has 0 unspecified atom stereocenters. The number of amides is 1. The molecule has 0 aromatic carbocycles. The Balaban J connectivity index is 3.20. The molecule has 0 aliphatic rings. The van der Waals surface area contributed by atoms with E-state index in [9.17, 15) is 4.79 Å². The van der Waals surface area contributed by atoms with Crippen LogP contribution in [0.1, 0.15) is 26.7 Å². The average molecular weight is 175 g/mol. The smallest absolute Gasteiger partial charge is 0.407 e. The second kappa shape index (κ2) is 6.91. The van der Waals surface area contributed by atoms with Crippen LogP contribution in [0.3, 0.4) is 0 Å². The monoisotopic (exact) mass is 175 g/mol. The van der Waals surface area contributed by atoms with Gasteiger partial charge in [-0.05, 0) is 26.7 Å². The lowest BCUT2D eigenvalue weighted by molar-refractivity contribution is 0.138. The molecule has 0 radical (unpaired) electrons. The Morgan fingerprint density at radius 1 is 1.50 bits per heavy atom. The Labute approximate surface area is 72.9 Å². The van der Waals surface area contributed by atoms with Gasteiger partial charge in [-0.1, -0.05) is 0 Å². The van der Waals surface area contributed by atoms with Crippen LogP contribution in [0.2, 0.25) is 0 Å². The molecular formula is C8H17NO3. The summed E-state index contributed by atoms with van der Waals surface area (Å²) in [4.78, 5) is 10.8. The van der Waals surface area contributed by atoms with Gasteiger partial charge in [-0.25, -0.2) is 4.79 Å². The summed E-state index contributed by atoms with van der Waals surface area (Å²) < 4.78 is 4.79. The van der Waals surface area contributed by atoms with Crippen molar-refractivity contribution in [3.8, 4) is 0 Å². The fourth-order valence-electron chi connectivity index (χ4n) is 0.656. The molecule has 0 heterocycles. The van der Waals surface area contributed by atoms with Crippen molar-refractivity contribution in [2.75, 3.05) is 13.2 Å². The van der Waals surface area contributed by atoms with Gasteiger partial charge >= 0.3 is 6.09 Å². The van der Waals surface area contributed by atoms with Crippen LogP contribution in [-0.4, -0.2) is 30.5 Å². The van der Waals surface area contributed by atoms with Gasteiger partial charge < -0.3 is 15.2 Å². The second-order valence-electron chi connectivity index (χ2n) is 2.87. The number of nitrogens with one attached hydrogen (secondary N) is 1. The largest absolute Gasteiger partial charge is 0.450 e. The molecule has 4 nitrogen and oxygen atoms in total. The van der Waals surface area contributed by atoms with Crippen molar-refractivity contribution in [1.82, 2.24) is 5.32 Å². The van der Waals surface area contributed by atoms with Crippen molar-refractivity contribution >= 4 is 6.09 Å². The first-order valence-corrected chi connectivity index (χ1v) is 4.21. The van der Waals surface area contributed by atoms with E-state index >= 15 is 0 Å². The lowest BCUT2D eigenvalue weighted by Gasteiger charge is -2.08. The van der Waals surface area contributed by atoms with Crippen molar-refractivity contribution < 1.29 is 14.6 Å². The predicted octanol–water partition coefficient (Wildman–Crippen LogP) is 0.893. The summed E-state index contributed by atoms with van der Waals surface area (Å²) in [5, 5.41) is 11.0. The first kappa shape index (κ1) is 11.2. The van der Waals surface area contributed by atoms with Gasteiger partial charge in [-0.2, -0.15) is 0 Å². The molecule has 1 amide bonds. The maximum atomic E-state index is 10.8.